The topological polar surface area (TPSA) is 70.2 Å². The normalized spacial score (nSPS) is 18.9. The van der Waals surface area contributed by atoms with Crippen LogP contribution in [-0.4, -0.2) is 27.9 Å². The zero-order valence-corrected chi connectivity index (χ0v) is 10.7. The van der Waals surface area contributed by atoms with Crippen LogP contribution in [0.15, 0.2) is 27.6 Å². The Labute approximate surface area is 110 Å². The summed E-state index contributed by atoms with van der Waals surface area (Å²) in [5.74, 6) is 1.25. The Morgan fingerprint density at radius 3 is 3.11 bits per heavy atom. The van der Waals surface area contributed by atoms with Crippen molar-refractivity contribution in [1.29, 1.82) is 0 Å². The lowest BCUT2D eigenvalue weighted by molar-refractivity contribution is 0.192. The number of aromatic nitrogens is 3. The van der Waals surface area contributed by atoms with Crippen LogP contribution in [0.5, 0.6) is 0 Å². The highest BCUT2D eigenvalue weighted by Gasteiger charge is 2.23. The zero-order chi connectivity index (χ0) is 13.2. The Balaban J connectivity index is 1.89. The minimum absolute atomic E-state index is 0.0658. The molecule has 0 saturated carbocycles. The van der Waals surface area contributed by atoms with Gasteiger partial charge in [-0.25, -0.2) is 0 Å². The SMILES string of the molecule is CCn1ccc(-c2nc(C3CCOC3)no2)cc1=O. The molecule has 19 heavy (non-hydrogen) atoms. The van der Waals surface area contributed by atoms with E-state index in [1.54, 1.807) is 10.8 Å². The Kier molecular flexibility index (Phi) is 3.16. The van der Waals surface area contributed by atoms with Crippen LogP contribution in [0.25, 0.3) is 11.5 Å². The molecule has 0 amide bonds. The van der Waals surface area contributed by atoms with Gasteiger partial charge < -0.3 is 13.8 Å². The van der Waals surface area contributed by atoms with Crippen molar-refractivity contribution in [3.05, 3.63) is 34.5 Å². The van der Waals surface area contributed by atoms with Crippen LogP contribution in [-0.2, 0) is 11.3 Å². The summed E-state index contributed by atoms with van der Waals surface area (Å²) < 4.78 is 12.1. The van der Waals surface area contributed by atoms with Gasteiger partial charge in [0.15, 0.2) is 5.82 Å². The van der Waals surface area contributed by atoms with Crippen LogP contribution in [0.3, 0.4) is 0 Å². The number of aryl methyl sites for hydroxylation is 1. The van der Waals surface area contributed by atoms with E-state index in [9.17, 15) is 4.79 Å². The molecule has 1 atom stereocenters. The van der Waals surface area contributed by atoms with Gasteiger partial charge in [0.05, 0.1) is 6.61 Å². The second kappa shape index (κ2) is 4.97. The lowest BCUT2D eigenvalue weighted by atomic mass is 10.1. The summed E-state index contributed by atoms with van der Waals surface area (Å²) in [7, 11) is 0. The van der Waals surface area contributed by atoms with Crippen LogP contribution in [0.1, 0.15) is 25.1 Å². The smallest absolute Gasteiger partial charge is 0.258 e. The molecule has 0 bridgehead atoms. The van der Waals surface area contributed by atoms with E-state index in [0.717, 1.165) is 13.0 Å². The van der Waals surface area contributed by atoms with Gasteiger partial charge in [-0.2, -0.15) is 4.98 Å². The third-order valence-electron chi connectivity index (χ3n) is 3.32. The third kappa shape index (κ3) is 2.31. The zero-order valence-electron chi connectivity index (χ0n) is 10.7. The van der Waals surface area contributed by atoms with E-state index in [0.29, 0.717) is 30.4 Å². The molecule has 0 N–H and O–H groups in total. The number of pyridine rings is 1. The van der Waals surface area contributed by atoms with Gasteiger partial charge in [0, 0.05) is 36.9 Å². The average molecular weight is 261 g/mol. The second-order valence-electron chi connectivity index (χ2n) is 4.56. The fraction of sp³-hybridized carbons (Fsp3) is 0.462. The van der Waals surface area contributed by atoms with E-state index in [1.165, 1.54) is 6.07 Å². The van der Waals surface area contributed by atoms with Crippen LogP contribution in [0.4, 0.5) is 0 Å². The molecule has 1 aliphatic heterocycles. The molecule has 3 rings (SSSR count). The third-order valence-corrected chi connectivity index (χ3v) is 3.32. The molecule has 6 nitrogen and oxygen atoms in total. The summed E-state index contributed by atoms with van der Waals surface area (Å²) in [5.41, 5.74) is 0.594. The molecule has 2 aromatic rings. The van der Waals surface area contributed by atoms with E-state index >= 15 is 0 Å². The summed E-state index contributed by atoms with van der Waals surface area (Å²) in [6.07, 6.45) is 2.65. The van der Waals surface area contributed by atoms with Gasteiger partial charge in [-0.05, 0) is 19.4 Å². The first-order chi connectivity index (χ1) is 9.28. The van der Waals surface area contributed by atoms with Crippen molar-refractivity contribution >= 4 is 0 Å². The van der Waals surface area contributed by atoms with Crippen molar-refractivity contribution in [3.63, 3.8) is 0 Å². The Bertz CT molecular complexity index is 626. The summed E-state index contributed by atoms with van der Waals surface area (Å²) in [6.45, 7) is 3.94. The quantitative estimate of drug-likeness (QED) is 0.835. The standard InChI is InChI=1S/C13H15N3O3/c1-2-16-5-3-9(7-11(16)17)13-14-12(15-19-13)10-4-6-18-8-10/h3,5,7,10H,2,4,6,8H2,1H3. The number of hydrogen-bond acceptors (Lipinski definition) is 5. The summed E-state index contributed by atoms with van der Waals surface area (Å²) in [5, 5.41) is 3.97. The first-order valence-corrected chi connectivity index (χ1v) is 6.40. The average Bonchev–Trinajstić information content (AvgIpc) is 3.09. The second-order valence-corrected chi connectivity index (χ2v) is 4.56. The fourth-order valence-corrected chi connectivity index (χ4v) is 2.16. The molecule has 1 unspecified atom stereocenters. The molecule has 6 heteroatoms. The molecule has 0 spiro atoms. The van der Waals surface area contributed by atoms with Gasteiger partial charge in [0.2, 0.25) is 0 Å². The largest absolute Gasteiger partial charge is 0.381 e. The van der Waals surface area contributed by atoms with Crippen LogP contribution < -0.4 is 5.56 Å². The van der Waals surface area contributed by atoms with Gasteiger partial charge in [-0.15, -0.1) is 0 Å². The summed E-state index contributed by atoms with van der Waals surface area (Å²) >= 11 is 0. The summed E-state index contributed by atoms with van der Waals surface area (Å²) in [6, 6.07) is 3.33. The van der Waals surface area contributed by atoms with Crippen LogP contribution in [0, 0.1) is 0 Å². The number of rotatable bonds is 3. The van der Waals surface area contributed by atoms with Gasteiger partial charge in [0.1, 0.15) is 0 Å². The molecule has 1 saturated heterocycles. The van der Waals surface area contributed by atoms with Crippen molar-refractivity contribution < 1.29 is 9.26 Å². The monoisotopic (exact) mass is 261 g/mol. The molecule has 0 aromatic carbocycles. The number of hydrogen-bond donors (Lipinski definition) is 0. The minimum atomic E-state index is -0.0658. The molecule has 1 fully saturated rings. The molecule has 0 radical (unpaired) electrons. The van der Waals surface area contributed by atoms with Gasteiger partial charge in [-0.1, -0.05) is 5.16 Å². The fourth-order valence-electron chi connectivity index (χ4n) is 2.16. The van der Waals surface area contributed by atoms with E-state index < -0.39 is 0 Å². The molecule has 1 aliphatic rings. The predicted molar refractivity (Wildman–Crippen MR) is 67.8 cm³/mol. The van der Waals surface area contributed by atoms with Gasteiger partial charge >= 0.3 is 0 Å². The van der Waals surface area contributed by atoms with Crippen molar-refractivity contribution in [2.45, 2.75) is 25.8 Å². The Morgan fingerprint density at radius 2 is 2.42 bits per heavy atom. The first kappa shape index (κ1) is 12.1. The molecular formula is C13H15N3O3. The lowest BCUT2D eigenvalue weighted by Gasteiger charge is -2.01. The van der Waals surface area contributed by atoms with E-state index in [-0.39, 0.29) is 11.5 Å². The highest BCUT2D eigenvalue weighted by molar-refractivity contribution is 5.51. The van der Waals surface area contributed by atoms with Crippen molar-refractivity contribution in [2.24, 2.45) is 0 Å². The van der Waals surface area contributed by atoms with Crippen molar-refractivity contribution in [2.75, 3.05) is 13.2 Å². The maximum absolute atomic E-state index is 11.8. The van der Waals surface area contributed by atoms with Gasteiger partial charge in [-0.3, -0.25) is 4.79 Å². The molecular weight excluding hydrogens is 246 g/mol. The predicted octanol–water partition coefficient (Wildman–Crippen LogP) is 1.42. The highest BCUT2D eigenvalue weighted by atomic mass is 16.5. The maximum Gasteiger partial charge on any atom is 0.258 e. The first-order valence-electron chi connectivity index (χ1n) is 6.40. The summed E-state index contributed by atoms with van der Waals surface area (Å²) in [4.78, 5) is 16.1. The van der Waals surface area contributed by atoms with E-state index in [4.69, 9.17) is 9.26 Å². The van der Waals surface area contributed by atoms with Gasteiger partial charge in [0.25, 0.3) is 11.4 Å². The van der Waals surface area contributed by atoms with Crippen LogP contribution in [0.2, 0.25) is 0 Å². The number of ether oxygens (including phenoxy) is 1. The molecule has 0 aliphatic carbocycles. The Hall–Kier alpha value is -1.95. The van der Waals surface area contributed by atoms with Crippen molar-refractivity contribution in [1.82, 2.24) is 14.7 Å². The van der Waals surface area contributed by atoms with Crippen molar-refractivity contribution in [3.8, 4) is 11.5 Å². The molecule has 2 aromatic heterocycles. The maximum atomic E-state index is 11.8. The molecule has 3 heterocycles. The van der Waals surface area contributed by atoms with Crippen LogP contribution >= 0.6 is 0 Å². The Morgan fingerprint density at radius 1 is 1.53 bits per heavy atom. The van der Waals surface area contributed by atoms with E-state index in [2.05, 4.69) is 10.1 Å². The number of nitrogens with zero attached hydrogens (tertiary/aromatic N) is 3. The van der Waals surface area contributed by atoms with E-state index in [1.807, 2.05) is 13.0 Å². The lowest BCUT2D eigenvalue weighted by Crippen LogP contribution is -2.17. The minimum Gasteiger partial charge on any atom is -0.381 e. The highest BCUT2D eigenvalue weighted by Crippen LogP contribution is 2.24. The molecule has 100 valence electrons.